The van der Waals surface area contributed by atoms with Crippen LogP contribution in [0.2, 0.25) is 0 Å². The number of benzene rings is 4. The Balaban J connectivity index is 0.895. The topological polar surface area (TPSA) is 94.1 Å². The molecule has 0 saturated heterocycles. The molecule has 6 aromatic heterocycles. The molecule has 0 saturated carbocycles. The van der Waals surface area contributed by atoms with Gasteiger partial charge in [-0.15, -0.1) is 0 Å². The van der Waals surface area contributed by atoms with Crippen molar-refractivity contribution in [1.29, 1.82) is 0 Å². The molecule has 0 atom stereocenters. The Bertz CT molecular complexity index is 3030. The smallest absolute Gasteiger partial charge is 0.269 e. The summed E-state index contributed by atoms with van der Waals surface area (Å²) in [5.74, 6) is 2.28. The minimum Gasteiger partial charge on any atom is -0.456 e. The van der Waals surface area contributed by atoms with Crippen LogP contribution in [0.1, 0.15) is 0 Å². The summed E-state index contributed by atoms with van der Waals surface area (Å²) in [6, 6.07) is 44.4. The molecule has 4 aromatic carbocycles. The number of rotatable bonds is 11. The Morgan fingerprint density at radius 3 is 1.37 bits per heavy atom. The first-order valence-electron chi connectivity index (χ1n) is 20.0. The Kier molecular flexibility index (Phi) is 9.77. The van der Waals surface area contributed by atoms with Crippen molar-refractivity contribution >= 4 is 33.4 Å². The van der Waals surface area contributed by atoms with E-state index in [-0.39, 0.29) is 0 Å². The third-order valence-electron chi connectivity index (χ3n) is 10.4. The highest BCUT2D eigenvalue weighted by atomic mass is 16.5. The molecule has 0 aliphatic rings. The van der Waals surface area contributed by atoms with Gasteiger partial charge < -0.3 is 19.3 Å². The lowest BCUT2D eigenvalue weighted by molar-refractivity contribution is -0.573. The van der Waals surface area contributed by atoms with E-state index in [0.29, 0.717) is 34.4 Å². The molecule has 0 aliphatic heterocycles. The highest BCUT2D eigenvalue weighted by molar-refractivity contribution is 5.76. The van der Waals surface area contributed by atoms with Crippen LogP contribution < -0.4 is 28.4 Å². The lowest BCUT2D eigenvalue weighted by Gasteiger charge is -2.14. The quantitative estimate of drug-likeness (QED) is 0.0947. The van der Waals surface area contributed by atoms with E-state index in [9.17, 15) is 0 Å². The van der Waals surface area contributed by atoms with Crippen molar-refractivity contribution in [3.63, 3.8) is 0 Å². The number of imidazole rings is 2. The molecule has 62 heavy (non-hydrogen) atoms. The molecule has 10 aromatic rings. The number of nitrogens with zero attached hydrogens (tertiary/aromatic N) is 10. The van der Waals surface area contributed by atoms with Gasteiger partial charge in [0.25, 0.3) is 12.7 Å². The van der Waals surface area contributed by atoms with Crippen LogP contribution in [0.25, 0.3) is 56.2 Å². The highest BCUT2D eigenvalue weighted by Gasteiger charge is 2.16. The molecule has 302 valence electrons. The number of para-hydroxylation sites is 4. The van der Waals surface area contributed by atoms with E-state index >= 15 is 0 Å². The van der Waals surface area contributed by atoms with Gasteiger partial charge in [-0.1, -0.05) is 60.7 Å². The monoisotopic (exact) mass is 812 g/mol. The molecule has 0 spiro atoms. The van der Waals surface area contributed by atoms with E-state index in [2.05, 4.69) is 124 Å². The third-order valence-corrected chi connectivity index (χ3v) is 10.4. The summed E-state index contributed by atoms with van der Waals surface area (Å²) in [5, 5.41) is 0. The summed E-state index contributed by atoms with van der Waals surface area (Å²) in [5.41, 5.74) is 11.0. The fourth-order valence-corrected chi connectivity index (χ4v) is 7.38. The summed E-state index contributed by atoms with van der Waals surface area (Å²) >= 11 is 0. The van der Waals surface area contributed by atoms with Gasteiger partial charge in [0.1, 0.15) is 23.0 Å². The molecule has 0 N–H and O–H groups in total. The maximum absolute atomic E-state index is 6.39. The summed E-state index contributed by atoms with van der Waals surface area (Å²) < 4.78 is 20.9. The van der Waals surface area contributed by atoms with Crippen molar-refractivity contribution in [2.24, 2.45) is 0 Å². The van der Waals surface area contributed by atoms with Gasteiger partial charge in [-0.25, -0.2) is 0 Å². The van der Waals surface area contributed by atoms with Crippen molar-refractivity contribution < 1.29 is 18.6 Å². The fraction of sp³-hybridized carbons (Fsp3) is 0.0800. The van der Waals surface area contributed by atoms with Gasteiger partial charge in [0.2, 0.25) is 0 Å². The minimum atomic E-state index is 0.560. The van der Waals surface area contributed by atoms with Gasteiger partial charge in [-0.3, -0.25) is 38.2 Å². The molecular weight excluding hydrogens is 773 g/mol. The van der Waals surface area contributed by atoms with E-state index in [4.69, 9.17) is 9.47 Å². The van der Waals surface area contributed by atoms with Crippen molar-refractivity contribution in [2.45, 2.75) is 0 Å². The van der Waals surface area contributed by atoms with Gasteiger partial charge in [0.15, 0.2) is 0 Å². The zero-order chi connectivity index (χ0) is 42.2. The normalized spacial score (nSPS) is 11.2. The van der Waals surface area contributed by atoms with Crippen LogP contribution in [0.3, 0.4) is 0 Å². The first kappa shape index (κ1) is 37.9. The lowest BCUT2D eigenvalue weighted by Crippen LogP contribution is -2.29. The van der Waals surface area contributed by atoms with E-state index in [0.717, 1.165) is 56.2 Å². The highest BCUT2D eigenvalue weighted by Crippen LogP contribution is 2.30. The first-order valence-corrected chi connectivity index (χ1v) is 20.0. The van der Waals surface area contributed by atoms with Gasteiger partial charge in [-0.2, -0.15) is 0 Å². The second-order valence-corrected chi connectivity index (χ2v) is 15.1. The number of anilines is 2. The van der Waals surface area contributed by atoms with Crippen molar-refractivity contribution in [2.75, 3.05) is 38.0 Å². The Hall–Kier alpha value is -8.38. The van der Waals surface area contributed by atoms with E-state index in [1.807, 2.05) is 85.9 Å². The molecule has 0 aliphatic carbocycles. The molecule has 12 heteroatoms. The van der Waals surface area contributed by atoms with Gasteiger partial charge >= 0.3 is 0 Å². The molecule has 0 fully saturated rings. The van der Waals surface area contributed by atoms with Gasteiger partial charge in [0, 0.05) is 76.5 Å². The number of pyridine rings is 4. The Morgan fingerprint density at radius 2 is 0.919 bits per heavy atom. The van der Waals surface area contributed by atoms with Crippen LogP contribution in [0, 0.1) is 12.7 Å². The first-order chi connectivity index (χ1) is 30.3. The molecule has 0 unspecified atom stereocenters. The predicted octanol–water partition coefficient (Wildman–Crippen LogP) is 8.69. The maximum Gasteiger partial charge on any atom is 0.269 e. The number of aromatic nitrogens is 8. The summed E-state index contributed by atoms with van der Waals surface area (Å²) in [4.78, 5) is 22.5. The van der Waals surface area contributed by atoms with Crippen molar-refractivity contribution in [1.82, 2.24) is 29.1 Å². The van der Waals surface area contributed by atoms with E-state index in [1.54, 1.807) is 49.3 Å². The van der Waals surface area contributed by atoms with Crippen molar-refractivity contribution in [3.8, 4) is 57.1 Å². The van der Waals surface area contributed by atoms with Gasteiger partial charge in [0.05, 0.1) is 68.6 Å². The molecule has 0 bridgehead atoms. The zero-order valence-electron chi connectivity index (χ0n) is 34.5. The van der Waals surface area contributed by atoms with Crippen LogP contribution in [-0.2, 0) is 0 Å². The van der Waals surface area contributed by atoms with Crippen LogP contribution >= 0.6 is 0 Å². The largest absolute Gasteiger partial charge is 0.456 e. The zero-order valence-corrected chi connectivity index (χ0v) is 34.5. The molecular formula is C50H40N10O2. The average molecular weight is 813 g/mol. The van der Waals surface area contributed by atoms with E-state index < -0.39 is 0 Å². The minimum absolute atomic E-state index is 0.560. The number of hydrogen-bond donors (Lipinski definition) is 0. The summed E-state index contributed by atoms with van der Waals surface area (Å²) in [6.07, 6.45) is 17.5. The second kappa shape index (κ2) is 16.0. The standard InChI is InChI=1S/C50H40N10O2/c1-55(2)35-11-9-13-37(23-35)57-33-59(49-17-7-5-15-47(49)57)39-25-43(31-51-29-39)61-41-19-21-53-45(27-41)46-28-42(20-22-54-46)62-44-26-40(30-52-32-44)60-34-58(48-16-6-8-18-50(48)60)38-14-10-12-36(24-38)56(3)4/h5-32H,1-4H3. The molecule has 12 nitrogen and oxygen atoms in total. The number of hydrogen-bond acceptors (Lipinski definition) is 8. The fourth-order valence-electron chi connectivity index (χ4n) is 7.38. The van der Waals surface area contributed by atoms with Crippen LogP contribution in [0.15, 0.2) is 171 Å². The SMILES string of the molecule is CN(C)c1cccc(-n2[c-][n+](-c3cncc(Oc4ccnc(-c5cc(Oc6cncc(-[n+]7[c-]n(-c8cccc(N(C)C)c8)c8ccccc87)c6)ccn5)c4)c3)c3ccccc32)c1. The molecule has 10 rings (SSSR count). The Morgan fingerprint density at radius 1 is 0.468 bits per heavy atom. The number of ether oxygens (including phenoxy) is 2. The van der Waals surface area contributed by atoms with Crippen LogP contribution in [0.4, 0.5) is 11.4 Å². The third kappa shape index (κ3) is 7.41. The van der Waals surface area contributed by atoms with Crippen LogP contribution in [0.5, 0.6) is 23.0 Å². The van der Waals surface area contributed by atoms with Crippen LogP contribution in [-0.4, -0.2) is 57.3 Å². The maximum atomic E-state index is 6.39. The lowest BCUT2D eigenvalue weighted by atomic mass is 10.2. The Labute approximate surface area is 358 Å². The van der Waals surface area contributed by atoms with Crippen molar-refractivity contribution in [3.05, 3.63) is 183 Å². The summed E-state index contributed by atoms with van der Waals surface area (Å²) in [6.45, 7) is 0. The van der Waals surface area contributed by atoms with E-state index in [1.165, 1.54) is 0 Å². The second-order valence-electron chi connectivity index (χ2n) is 15.1. The molecule has 0 amide bonds. The number of fused-ring (bicyclic) bond motifs is 2. The summed E-state index contributed by atoms with van der Waals surface area (Å²) in [7, 11) is 8.14. The molecule has 0 radical (unpaired) electrons. The predicted molar refractivity (Wildman–Crippen MR) is 239 cm³/mol. The van der Waals surface area contributed by atoms with Gasteiger partial charge in [-0.05, 0) is 60.7 Å². The average Bonchev–Trinajstić information content (AvgIpc) is 3.90. The molecule has 6 heterocycles.